The normalized spacial score (nSPS) is 13.7. The molecule has 4 heteroatoms. The molecule has 0 saturated heterocycles. The SMILES string of the molecule is CCNC(CC)(CC(=O)OC)c1ccc(OC)cc1. The molecule has 0 bridgehead atoms. The largest absolute Gasteiger partial charge is 0.497 e. The van der Waals surface area contributed by atoms with Crippen LogP contribution in [0.2, 0.25) is 0 Å². The zero-order valence-electron chi connectivity index (χ0n) is 12.2. The number of carbonyl (C=O) groups excluding carboxylic acids is 1. The molecular formula is C15H23NO3. The first-order valence-electron chi connectivity index (χ1n) is 6.58. The first kappa shape index (κ1) is 15.5. The van der Waals surface area contributed by atoms with Gasteiger partial charge in [-0.25, -0.2) is 0 Å². The lowest BCUT2D eigenvalue weighted by Crippen LogP contribution is -2.43. The molecule has 0 radical (unpaired) electrons. The smallest absolute Gasteiger partial charge is 0.307 e. The summed E-state index contributed by atoms with van der Waals surface area (Å²) in [6.07, 6.45) is 1.13. The molecule has 0 amide bonds. The van der Waals surface area contributed by atoms with E-state index in [4.69, 9.17) is 9.47 Å². The Hall–Kier alpha value is -1.55. The van der Waals surface area contributed by atoms with Gasteiger partial charge in [0.25, 0.3) is 0 Å². The molecular weight excluding hydrogens is 242 g/mol. The zero-order chi connectivity index (χ0) is 14.3. The highest BCUT2D eigenvalue weighted by Crippen LogP contribution is 2.30. The van der Waals surface area contributed by atoms with E-state index in [1.54, 1.807) is 7.11 Å². The molecule has 0 spiro atoms. The van der Waals surface area contributed by atoms with Gasteiger partial charge in [-0.1, -0.05) is 26.0 Å². The summed E-state index contributed by atoms with van der Waals surface area (Å²) >= 11 is 0. The van der Waals surface area contributed by atoms with Crippen LogP contribution >= 0.6 is 0 Å². The highest BCUT2D eigenvalue weighted by Gasteiger charge is 2.32. The second kappa shape index (κ2) is 7.14. The van der Waals surface area contributed by atoms with Gasteiger partial charge in [0.05, 0.1) is 26.2 Å². The van der Waals surface area contributed by atoms with Crippen molar-refractivity contribution in [3.8, 4) is 5.75 Å². The van der Waals surface area contributed by atoms with E-state index in [2.05, 4.69) is 12.2 Å². The Kier molecular flexibility index (Phi) is 5.83. The Balaban J connectivity index is 3.08. The fourth-order valence-electron chi connectivity index (χ4n) is 2.29. The standard InChI is InChI=1S/C15H23NO3/c1-5-15(16-6-2,11-14(17)19-4)12-7-9-13(18-3)10-8-12/h7-10,16H,5-6,11H2,1-4H3. The average molecular weight is 265 g/mol. The van der Waals surface area contributed by atoms with Gasteiger partial charge in [-0.2, -0.15) is 0 Å². The molecule has 19 heavy (non-hydrogen) atoms. The molecule has 1 aromatic rings. The van der Waals surface area contributed by atoms with Crippen LogP contribution in [0.1, 0.15) is 32.3 Å². The molecule has 0 fully saturated rings. The van der Waals surface area contributed by atoms with Gasteiger partial charge in [0.1, 0.15) is 5.75 Å². The van der Waals surface area contributed by atoms with Crippen molar-refractivity contribution in [2.24, 2.45) is 0 Å². The number of esters is 1. The Labute approximate surface area is 115 Å². The fourth-order valence-corrected chi connectivity index (χ4v) is 2.29. The molecule has 0 saturated carbocycles. The van der Waals surface area contributed by atoms with Crippen LogP contribution in [0.4, 0.5) is 0 Å². The summed E-state index contributed by atoms with van der Waals surface area (Å²) in [5.41, 5.74) is 0.691. The molecule has 0 aromatic heterocycles. The zero-order valence-corrected chi connectivity index (χ0v) is 12.2. The molecule has 4 nitrogen and oxygen atoms in total. The van der Waals surface area contributed by atoms with E-state index in [1.807, 2.05) is 31.2 Å². The number of hydrogen-bond donors (Lipinski definition) is 1. The molecule has 0 heterocycles. The van der Waals surface area contributed by atoms with Crippen molar-refractivity contribution in [2.45, 2.75) is 32.2 Å². The van der Waals surface area contributed by atoms with Crippen molar-refractivity contribution >= 4 is 5.97 Å². The van der Waals surface area contributed by atoms with E-state index in [1.165, 1.54) is 7.11 Å². The summed E-state index contributed by atoms with van der Waals surface area (Å²) in [4.78, 5) is 11.7. The van der Waals surface area contributed by atoms with Gasteiger partial charge >= 0.3 is 5.97 Å². The second-order valence-electron chi connectivity index (χ2n) is 4.45. The predicted octanol–water partition coefficient (Wildman–Crippen LogP) is 2.47. The molecule has 1 rings (SSSR count). The van der Waals surface area contributed by atoms with Gasteiger partial charge < -0.3 is 14.8 Å². The Bertz CT molecular complexity index is 402. The predicted molar refractivity (Wildman–Crippen MR) is 75.3 cm³/mol. The molecule has 106 valence electrons. The molecule has 0 aliphatic rings. The minimum atomic E-state index is -0.381. The lowest BCUT2D eigenvalue weighted by molar-refractivity contribution is -0.142. The maximum absolute atomic E-state index is 11.7. The first-order valence-corrected chi connectivity index (χ1v) is 6.58. The van der Waals surface area contributed by atoms with E-state index in [9.17, 15) is 4.79 Å². The summed E-state index contributed by atoms with van der Waals surface area (Å²) in [7, 11) is 3.06. The van der Waals surface area contributed by atoms with Crippen molar-refractivity contribution in [1.29, 1.82) is 0 Å². The molecule has 1 aromatic carbocycles. The van der Waals surface area contributed by atoms with Crippen molar-refractivity contribution in [3.63, 3.8) is 0 Å². The Morgan fingerprint density at radius 3 is 2.26 bits per heavy atom. The maximum Gasteiger partial charge on any atom is 0.307 e. The summed E-state index contributed by atoms with van der Waals surface area (Å²) in [6, 6.07) is 7.81. The third kappa shape index (κ3) is 3.70. The topological polar surface area (TPSA) is 47.6 Å². The van der Waals surface area contributed by atoms with Crippen LogP contribution in [-0.2, 0) is 15.1 Å². The minimum Gasteiger partial charge on any atom is -0.497 e. The van der Waals surface area contributed by atoms with Gasteiger partial charge in [-0.15, -0.1) is 0 Å². The van der Waals surface area contributed by atoms with Crippen molar-refractivity contribution in [2.75, 3.05) is 20.8 Å². The lowest BCUT2D eigenvalue weighted by Gasteiger charge is -2.33. The second-order valence-corrected chi connectivity index (χ2v) is 4.45. The number of hydrogen-bond acceptors (Lipinski definition) is 4. The molecule has 1 N–H and O–H groups in total. The van der Waals surface area contributed by atoms with Crippen molar-refractivity contribution in [1.82, 2.24) is 5.32 Å². The van der Waals surface area contributed by atoms with E-state index in [0.717, 1.165) is 24.3 Å². The highest BCUT2D eigenvalue weighted by molar-refractivity contribution is 5.71. The van der Waals surface area contributed by atoms with Crippen LogP contribution in [0.5, 0.6) is 5.75 Å². The number of ether oxygens (including phenoxy) is 2. The van der Waals surface area contributed by atoms with Gasteiger partial charge in [-0.3, -0.25) is 4.79 Å². The van der Waals surface area contributed by atoms with Gasteiger partial charge in [0.15, 0.2) is 0 Å². The molecule has 1 atom stereocenters. The maximum atomic E-state index is 11.7. The highest BCUT2D eigenvalue weighted by atomic mass is 16.5. The monoisotopic (exact) mass is 265 g/mol. The Morgan fingerprint density at radius 2 is 1.84 bits per heavy atom. The van der Waals surface area contributed by atoms with Crippen LogP contribution < -0.4 is 10.1 Å². The van der Waals surface area contributed by atoms with E-state index in [-0.39, 0.29) is 11.5 Å². The summed E-state index contributed by atoms with van der Waals surface area (Å²) in [5.74, 6) is 0.599. The number of carbonyl (C=O) groups is 1. The van der Waals surface area contributed by atoms with Crippen molar-refractivity contribution in [3.05, 3.63) is 29.8 Å². The third-order valence-electron chi connectivity index (χ3n) is 3.44. The van der Waals surface area contributed by atoms with Crippen LogP contribution in [-0.4, -0.2) is 26.7 Å². The average Bonchev–Trinajstić information content (AvgIpc) is 2.46. The molecule has 1 unspecified atom stereocenters. The molecule has 0 aliphatic heterocycles. The third-order valence-corrected chi connectivity index (χ3v) is 3.44. The first-order chi connectivity index (χ1) is 9.11. The van der Waals surface area contributed by atoms with Crippen molar-refractivity contribution < 1.29 is 14.3 Å². The van der Waals surface area contributed by atoms with E-state index in [0.29, 0.717) is 6.42 Å². The minimum absolute atomic E-state index is 0.210. The van der Waals surface area contributed by atoms with Gasteiger partial charge in [-0.05, 0) is 30.7 Å². The van der Waals surface area contributed by atoms with Crippen LogP contribution in [0, 0.1) is 0 Å². The van der Waals surface area contributed by atoms with Crippen LogP contribution in [0.15, 0.2) is 24.3 Å². The molecule has 0 aliphatic carbocycles. The number of nitrogens with one attached hydrogen (secondary N) is 1. The van der Waals surface area contributed by atoms with Crippen LogP contribution in [0.3, 0.4) is 0 Å². The van der Waals surface area contributed by atoms with E-state index >= 15 is 0 Å². The number of rotatable bonds is 7. The van der Waals surface area contributed by atoms with E-state index < -0.39 is 0 Å². The van der Waals surface area contributed by atoms with Gasteiger partial charge in [0.2, 0.25) is 0 Å². The summed E-state index contributed by atoms with van der Waals surface area (Å²) < 4.78 is 9.98. The van der Waals surface area contributed by atoms with Gasteiger partial charge in [0, 0.05) is 0 Å². The summed E-state index contributed by atoms with van der Waals surface area (Å²) in [5, 5.41) is 3.42. The fraction of sp³-hybridized carbons (Fsp3) is 0.533. The number of benzene rings is 1. The van der Waals surface area contributed by atoms with Crippen LogP contribution in [0.25, 0.3) is 0 Å². The summed E-state index contributed by atoms with van der Waals surface area (Å²) in [6.45, 7) is 4.89. The number of methoxy groups -OCH3 is 2. The quantitative estimate of drug-likeness (QED) is 0.769. The Morgan fingerprint density at radius 1 is 1.21 bits per heavy atom. The lowest BCUT2D eigenvalue weighted by atomic mass is 9.84.